The number of halogens is 3. The third kappa shape index (κ3) is 15.2. The number of piperazine rings is 3. The molecule has 1 amide bonds. The summed E-state index contributed by atoms with van der Waals surface area (Å²) in [7, 11) is 5.10. The number of hydrogen-bond acceptors (Lipinski definition) is 10. The van der Waals surface area contributed by atoms with Gasteiger partial charge >= 0.3 is 5.97 Å². The van der Waals surface area contributed by atoms with Crippen molar-refractivity contribution in [3.05, 3.63) is 176 Å². The number of anilines is 3. The SMILES string of the molecule is COc1cc(N2CCN(C(=O)[C@H]3C[C@@H]3c3ccccc3)CC2)ccc1Br.COc1cc(N2CCN(C[C@H]3C[C@@H]3c3ccccc3)CC2)ccc1Br.COc1cc(N2CCNCC2)ccc1Br.O=C(O)[C@H]1C[C@@H]1c1ccccc1. The highest BCUT2D eigenvalue weighted by atomic mass is 79.9. The molecule has 0 bridgehead atoms. The van der Waals surface area contributed by atoms with E-state index >= 15 is 0 Å². The summed E-state index contributed by atoms with van der Waals surface area (Å²) < 4.78 is 19.1. The van der Waals surface area contributed by atoms with Crippen molar-refractivity contribution < 1.29 is 28.9 Å². The minimum Gasteiger partial charge on any atom is -0.495 e. The molecule has 0 aromatic heterocycles. The number of hydrogen-bond donors (Lipinski definition) is 2. The molecule has 412 valence electrons. The molecule has 3 aliphatic heterocycles. The fourth-order valence-corrected chi connectivity index (χ4v) is 12.3. The molecule has 3 saturated heterocycles. The monoisotopic (exact) mass is 1250 g/mol. The van der Waals surface area contributed by atoms with Crippen LogP contribution in [0.4, 0.5) is 17.1 Å². The van der Waals surface area contributed by atoms with Crippen LogP contribution in [0.1, 0.15) is 53.7 Å². The molecular formula is C63H73Br3N6O6. The largest absolute Gasteiger partial charge is 0.495 e. The van der Waals surface area contributed by atoms with Crippen molar-refractivity contribution in [1.29, 1.82) is 0 Å². The zero-order valence-corrected chi connectivity index (χ0v) is 49.8. The van der Waals surface area contributed by atoms with Gasteiger partial charge < -0.3 is 44.2 Å². The van der Waals surface area contributed by atoms with E-state index in [4.69, 9.17) is 19.3 Å². The highest BCUT2D eigenvalue weighted by molar-refractivity contribution is 9.11. The second-order valence-corrected chi connectivity index (χ2v) is 23.4. The Hall–Kier alpha value is -5.58. The summed E-state index contributed by atoms with van der Waals surface area (Å²) in [5.41, 5.74) is 7.61. The van der Waals surface area contributed by atoms with Crippen molar-refractivity contribution in [3.63, 3.8) is 0 Å². The lowest BCUT2D eigenvalue weighted by Gasteiger charge is -2.36. The first-order chi connectivity index (χ1) is 38.0. The molecule has 0 unspecified atom stereocenters. The van der Waals surface area contributed by atoms with Crippen molar-refractivity contribution in [2.45, 2.75) is 37.0 Å². The van der Waals surface area contributed by atoms with Gasteiger partial charge in [-0.1, -0.05) is 91.0 Å². The molecule has 3 aliphatic carbocycles. The van der Waals surface area contributed by atoms with Gasteiger partial charge in [0.15, 0.2) is 0 Å². The summed E-state index contributed by atoms with van der Waals surface area (Å²) in [4.78, 5) is 35.2. The molecule has 0 radical (unpaired) electrons. The van der Waals surface area contributed by atoms with Gasteiger partial charge in [0, 0.05) is 126 Å². The maximum absolute atomic E-state index is 12.8. The molecule has 78 heavy (non-hydrogen) atoms. The Labute approximate surface area is 486 Å². The third-order valence-electron chi connectivity index (χ3n) is 15.9. The molecule has 12 rings (SSSR count). The number of carboxylic acid groups (broad SMARTS) is 1. The second-order valence-electron chi connectivity index (χ2n) is 20.9. The fraction of sp³-hybridized carbons (Fsp3) is 0.397. The van der Waals surface area contributed by atoms with E-state index in [0.717, 1.165) is 145 Å². The van der Waals surface area contributed by atoms with Crippen molar-refractivity contribution in [3.8, 4) is 17.2 Å². The molecule has 2 N–H and O–H groups in total. The van der Waals surface area contributed by atoms with Crippen LogP contribution in [0.2, 0.25) is 0 Å². The summed E-state index contributed by atoms with van der Waals surface area (Å²) in [6.45, 7) is 13.3. The quantitative estimate of drug-likeness (QED) is 0.115. The smallest absolute Gasteiger partial charge is 0.307 e. The lowest BCUT2D eigenvalue weighted by atomic mass is 10.1. The number of aliphatic carboxylic acids is 1. The predicted molar refractivity (Wildman–Crippen MR) is 324 cm³/mol. The topological polar surface area (TPSA) is 110 Å². The van der Waals surface area contributed by atoms with E-state index in [2.05, 4.69) is 164 Å². The van der Waals surface area contributed by atoms with Crippen molar-refractivity contribution >= 4 is 76.7 Å². The first-order valence-electron chi connectivity index (χ1n) is 27.4. The summed E-state index contributed by atoms with van der Waals surface area (Å²) in [5, 5.41) is 12.0. The van der Waals surface area contributed by atoms with Crippen molar-refractivity contribution in [2.75, 3.05) is 121 Å². The summed E-state index contributed by atoms with van der Waals surface area (Å²) in [5.74, 6) is 4.66. The van der Waals surface area contributed by atoms with Crippen LogP contribution in [0.25, 0.3) is 0 Å². The van der Waals surface area contributed by atoms with Crippen LogP contribution in [0.3, 0.4) is 0 Å². The molecule has 6 aliphatic rings. The number of carbonyl (C=O) groups is 2. The molecule has 3 saturated carbocycles. The first kappa shape index (κ1) is 57.1. The highest BCUT2D eigenvalue weighted by Crippen LogP contribution is 2.50. The van der Waals surface area contributed by atoms with E-state index in [1.165, 1.54) is 35.5 Å². The Bertz CT molecular complexity index is 2880. The van der Waals surface area contributed by atoms with Gasteiger partial charge in [-0.25, -0.2) is 0 Å². The molecule has 6 aromatic carbocycles. The molecule has 6 fully saturated rings. The Morgan fingerprint density at radius 1 is 0.487 bits per heavy atom. The molecule has 6 aromatic rings. The molecule has 0 spiro atoms. The Kier molecular flexibility index (Phi) is 20.2. The van der Waals surface area contributed by atoms with Crippen LogP contribution in [0.5, 0.6) is 17.2 Å². The van der Waals surface area contributed by atoms with E-state index in [0.29, 0.717) is 11.8 Å². The number of carbonyl (C=O) groups excluding carboxylic acids is 1. The number of nitrogens with zero attached hydrogens (tertiary/aromatic N) is 5. The van der Waals surface area contributed by atoms with Gasteiger partial charge in [-0.15, -0.1) is 0 Å². The van der Waals surface area contributed by atoms with E-state index in [1.54, 1.807) is 21.3 Å². The van der Waals surface area contributed by atoms with Gasteiger partial charge in [0.1, 0.15) is 17.2 Å². The Morgan fingerprint density at radius 2 is 0.872 bits per heavy atom. The van der Waals surface area contributed by atoms with Gasteiger partial charge in [-0.2, -0.15) is 0 Å². The third-order valence-corrected chi connectivity index (χ3v) is 17.9. The summed E-state index contributed by atoms with van der Waals surface area (Å²) in [6, 6.07) is 50.0. The summed E-state index contributed by atoms with van der Waals surface area (Å²) >= 11 is 10.5. The van der Waals surface area contributed by atoms with E-state index in [1.807, 2.05) is 59.5 Å². The zero-order chi connectivity index (χ0) is 54.5. The van der Waals surface area contributed by atoms with Gasteiger partial charge in [0.2, 0.25) is 5.91 Å². The van der Waals surface area contributed by atoms with Gasteiger partial charge in [-0.3, -0.25) is 14.5 Å². The van der Waals surface area contributed by atoms with Crippen LogP contribution in [-0.2, 0) is 9.59 Å². The van der Waals surface area contributed by atoms with Gasteiger partial charge in [0.25, 0.3) is 0 Å². The van der Waals surface area contributed by atoms with Crippen LogP contribution in [0, 0.1) is 17.8 Å². The number of benzene rings is 6. The van der Waals surface area contributed by atoms with Crippen LogP contribution in [0.15, 0.2) is 159 Å². The number of carboxylic acids is 1. The fourth-order valence-electron chi connectivity index (χ4n) is 11.0. The number of methoxy groups -OCH3 is 3. The van der Waals surface area contributed by atoms with E-state index in [9.17, 15) is 9.59 Å². The van der Waals surface area contributed by atoms with E-state index < -0.39 is 5.97 Å². The number of ether oxygens (including phenoxy) is 3. The molecular weight excluding hydrogens is 1180 g/mol. The molecule has 12 nitrogen and oxygen atoms in total. The van der Waals surface area contributed by atoms with Gasteiger partial charge in [0.05, 0.1) is 40.7 Å². The Morgan fingerprint density at radius 3 is 1.28 bits per heavy atom. The normalized spacial score (nSPS) is 22.2. The maximum atomic E-state index is 12.8. The minimum atomic E-state index is -0.663. The van der Waals surface area contributed by atoms with Crippen LogP contribution < -0.4 is 34.2 Å². The average Bonchev–Trinajstić information content (AvgIpc) is 4.40. The summed E-state index contributed by atoms with van der Waals surface area (Å²) in [6.07, 6.45) is 3.15. The number of nitrogens with one attached hydrogen (secondary N) is 1. The van der Waals surface area contributed by atoms with Crippen LogP contribution in [-0.4, -0.2) is 133 Å². The van der Waals surface area contributed by atoms with Crippen molar-refractivity contribution in [2.24, 2.45) is 17.8 Å². The highest BCUT2D eigenvalue weighted by Gasteiger charge is 2.46. The average molecular weight is 1250 g/mol. The number of amides is 1. The zero-order valence-electron chi connectivity index (χ0n) is 45.0. The lowest BCUT2D eigenvalue weighted by molar-refractivity contribution is -0.138. The van der Waals surface area contributed by atoms with Crippen LogP contribution >= 0.6 is 47.8 Å². The van der Waals surface area contributed by atoms with Gasteiger partial charge in [-0.05, 0) is 144 Å². The van der Waals surface area contributed by atoms with Crippen molar-refractivity contribution in [1.82, 2.24) is 15.1 Å². The predicted octanol–water partition coefficient (Wildman–Crippen LogP) is 12.0. The van der Waals surface area contributed by atoms with E-state index in [-0.39, 0.29) is 17.8 Å². The molecule has 15 heteroatoms. The first-order valence-corrected chi connectivity index (χ1v) is 29.7. The number of rotatable bonds is 13. The molecule has 6 atom stereocenters. The second kappa shape index (κ2) is 27.5. The standard InChI is InChI=1S/C21H23BrN2O2.C21H25BrN2O.C11H15BrN2O.C10H10O2/c1-26-20-13-16(7-8-19(20)22)23-9-11-24(12-10-23)21(25)18-14-17(18)15-5-3-2-4-6-15;1-25-21-14-18(7-8-20(21)22)24-11-9-23(10-12-24)15-17-13-19(17)16-5-3-2-4-6-16;1-15-11-8-9(2-3-10(11)12)14-6-4-13-5-7-14;11-10(12)9-6-8(9)7-4-2-1-3-5-7/h2-8,13,17-18H,9-12,14H2,1H3;2-8,14,17,19H,9-13,15H2,1H3;2-3,8,13H,4-7H2,1H3;1-5,8-9H,6H2,(H,11,12)/t17-,18+;17-,19-;;8-,9+/m11.1/s1. The Balaban J connectivity index is 0.000000132. The maximum Gasteiger partial charge on any atom is 0.307 e. The minimum absolute atomic E-state index is 0.132. The molecule has 3 heterocycles. The lowest BCUT2D eigenvalue weighted by Crippen LogP contribution is -2.49.